The molecule has 0 radical (unpaired) electrons. The fraction of sp³-hybridized carbons (Fsp3) is 0.0667. The second-order valence-corrected chi connectivity index (χ2v) is 4.97. The number of methoxy groups -OCH3 is 1. The molecule has 24 heavy (non-hydrogen) atoms. The van der Waals surface area contributed by atoms with E-state index in [2.05, 4.69) is 10.6 Å². The van der Waals surface area contributed by atoms with E-state index < -0.39 is 16.7 Å². The Labute approximate surface area is 141 Å². The van der Waals surface area contributed by atoms with Gasteiger partial charge >= 0.3 is 11.8 Å². The third-order valence-electron chi connectivity index (χ3n) is 2.95. The van der Waals surface area contributed by atoms with Gasteiger partial charge in [0.2, 0.25) is 0 Å². The molecule has 2 rings (SSSR count). The van der Waals surface area contributed by atoms with Crippen molar-refractivity contribution in [1.82, 2.24) is 0 Å². The summed E-state index contributed by atoms with van der Waals surface area (Å²) in [5.74, 6) is -1.39. The highest BCUT2D eigenvalue weighted by molar-refractivity contribution is 6.43. The average Bonchev–Trinajstić information content (AvgIpc) is 2.55. The number of nitro groups is 1. The molecule has 9 heteroatoms. The Morgan fingerprint density at radius 2 is 1.58 bits per heavy atom. The SMILES string of the molecule is COc1ccc(NC(=O)C(=O)Nc2ccc([N+](=O)[O-])cc2)cc1Cl. The predicted octanol–water partition coefficient (Wildman–Crippen LogP) is 2.83. The molecule has 0 unspecified atom stereocenters. The highest BCUT2D eigenvalue weighted by Crippen LogP contribution is 2.27. The lowest BCUT2D eigenvalue weighted by atomic mass is 10.2. The quantitative estimate of drug-likeness (QED) is 0.501. The number of non-ortho nitro benzene ring substituents is 1. The number of halogens is 1. The van der Waals surface area contributed by atoms with E-state index in [1.807, 2.05) is 0 Å². The largest absolute Gasteiger partial charge is 0.495 e. The van der Waals surface area contributed by atoms with E-state index in [1.165, 1.54) is 43.5 Å². The minimum atomic E-state index is -0.921. The molecule has 0 aliphatic heterocycles. The van der Waals surface area contributed by atoms with Crippen LogP contribution < -0.4 is 15.4 Å². The van der Waals surface area contributed by atoms with Crippen molar-refractivity contribution >= 4 is 40.5 Å². The van der Waals surface area contributed by atoms with Crippen molar-refractivity contribution in [2.45, 2.75) is 0 Å². The molecule has 0 fully saturated rings. The van der Waals surface area contributed by atoms with Crippen LogP contribution in [0.2, 0.25) is 5.02 Å². The summed E-state index contributed by atoms with van der Waals surface area (Å²) in [4.78, 5) is 33.7. The van der Waals surface area contributed by atoms with Crippen LogP contribution in [0.3, 0.4) is 0 Å². The monoisotopic (exact) mass is 349 g/mol. The first kappa shape index (κ1) is 17.2. The van der Waals surface area contributed by atoms with Gasteiger partial charge in [-0.05, 0) is 30.3 Å². The van der Waals surface area contributed by atoms with Gasteiger partial charge in [0.1, 0.15) is 5.75 Å². The number of anilines is 2. The van der Waals surface area contributed by atoms with Gasteiger partial charge in [0.25, 0.3) is 5.69 Å². The third kappa shape index (κ3) is 4.20. The third-order valence-corrected chi connectivity index (χ3v) is 3.25. The Morgan fingerprint density at radius 3 is 2.08 bits per heavy atom. The van der Waals surface area contributed by atoms with E-state index in [1.54, 1.807) is 6.07 Å². The molecule has 0 bridgehead atoms. The summed E-state index contributed by atoms with van der Waals surface area (Å²) in [6.07, 6.45) is 0. The molecular weight excluding hydrogens is 338 g/mol. The van der Waals surface area contributed by atoms with Crippen LogP contribution in [0, 0.1) is 10.1 Å². The van der Waals surface area contributed by atoms with Crippen LogP contribution in [0.15, 0.2) is 42.5 Å². The number of rotatable bonds is 4. The smallest absolute Gasteiger partial charge is 0.314 e. The van der Waals surface area contributed by atoms with E-state index in [0.717, 1.165) is 0 Å². The minimum absolute atomic E-state index is 0.120. The number of hydrogen-bond acceptors (Lipinski definition) is 5. The predicted molar refractivity (Wildman–Crippen MR) is 88.4 cm³/mol. The number of nitro benzene ring substituents is 1. The Kier molecular flexibility index (Phi) is 5.33. The first-order chi connectivity index (χ1) is 11.4. The highest BCUT2D eigenvalue weighted by atomic mass is 35.5. The Morgan fingerprint density at radius 1 is 1.04 bits per heavy atom. The molecule has 0 aliphatic carbocycles. The molecule has 124 valence electrons. The highest BCUT2D eigenvalue weighted by Gasteiger charge is 2.15. The van der Waals surface area contributed by atoms with Gasteiger partial charge in [-0.3, -0.25) is 19.7 Å². The summed E-state index contributed by atoms with van der Waals surface area (Å²) in [5.41, 5.74) is 0.462. The molecule has 0 saturated heterocycles. The molecule has 0 aliphatic rings. The molecule has 0 heterocycles. The van der Waals surface area contributed by atoms with Crippen LogP contribution in [0.25, 0.3) is 0 Å². The molecule has 0 atom stereocenters. The van der Waals surface area contributed by atoms with Gasteiger partial charge < -0.3 is 15.4 Å². The first-order valence-electron chi connectivity index (χ1n) is 6.61. The lowest BCUT2D eigenvalue weighted by Crippen LogP contribution is -2.29. The minimum Gasteiger partial charge on any atom is -0.495 e. The van der Waals surface area contributed by atoms with Crippen LogP contribution in [0.5, 0.6) is 5.75 Å². The normalized spacial score (nSPS) is 9.92. The number of nitrogens with one attached hydrogen (secondary N) is 2. The van der Waals surface area contributed by atoms with Crippen molar-refractivity contribution in [2.75, 3.05) is 17.7 Å². The number of amides is 2. The van der Waals surface area contributed by atoms with Gasteiger partial charge in [-0.2, -0.15) is 0 Å². The summed E-state index contributed by atoms with van der Waals surface area (Å²) < 4.78 is 4.99. The van der Waals surface area contributed by atoms with Crippen molar-refractivity contribution in [1.29, 1.82) is 0 Å². The topological polar surface area (TPSA) is 111 Å². The summed E-state index contributed by atoms with van der Waals surface area (Å²) in [6, 6.07) is 9.61. The summed E-state index contributed by atoms with van der Waals surface area (Å²) in [7, 11) is 1.46. The number of carbonyl (C=O) groups excluding carboxylic acids is 2. The molecule has 8 nitrogen and oxygen atoms in total. The Balaban J connectivity index is 2.00. The first-order valence-corrected chi connectivity index (χ1v) is 6.99. The zero-order chi connectivity index (χ0) is 17.7. The van der Waals surface area contributed by atoms with Crippen molar-refractivity contribution in [3.05, 3.63) is 57.6 Å². The zero-order valence-corrected chi connectivity index (χ0v) is 13.2. The molecule has 0 spiro atoms. The molecule has 0 aromatic heterocycles. The lowest BCUT2D eigenvalue weighted by Gasteiger charge is -2.08. The van der Waals surface area contributed by atoms with Crippen molar-refractivity contribution in [3.8, 4) is 5.75 Å². The van der Waals surface area contributed by atoms with Gasteiger partial charge in [-0.15, -0.1) is 0 Å². The fourth-order valence-corrected chi connectivity index (χ4v) is 2.04. The van der Waals surface area contributed by atoms with E-state index >= 15 is 0 Å². The number of hydrogen-bond donors (Lipinski definition) is 2. The van der Waals surface area contributed by atoms with Gasteiger partial charge in [0.15, 0.2) is 0 Å². The van der Waals surface area contributed by atoms with Crippen LogP contribution in [0.1, 0.15) is 0 Å². The maximum Gasteiger partial charge on any atom is 0.314 e. The van der Waals surface area contributed by atoms with Gasteiger partial charge in [0, 0.05) is 23.5 Å². The molecule has 2 amide bonds. The summed E-state index contributed by atoms with van der Waals surface area (Å²) >= 11 is 5.93. The van der Waals surface area contributed by atoms with Crippen LogP contribution >= 0.6 is 11.6 Å². The van der Waals surface area contributed by atoms with Crippen LogP contribution in [0.4, 0.5) is 17.1 Å². The average molecular weight is 350 g/mol. The van der Waals surface area contributed by atoms with Crippen LogP contribution in [-0.2, 0) is 9.59 Å². The van der Waals surface area contributed by atoms with Gasteiger partial charge in [-0.25, -0.2) is 0 Å². The maximum atomic E-state index is 11.9. The summed E-state index contributed by atoms with van der Waals surface area (Å²) in [5, 5.41) is 15.6. The summed E-state index contributed by atoms with van der Waals surface area (Å²) in [6.45, 7) is 0. The maximum absolute atomic E-state index is 11.9. The Bertz CT molecular complexity index is 792. The lowest BCUT2D eigenvalue weighted by molar-refractivity contribution is -0.384. The van der Waals surface area contributed by atoms with Crippen molar-refractivity contribution in [3.63, 3.8) is 0 Å². The molecular formula is C15H12ClN3O5. The van der Waals surface area contributed by atoms with Gasteiger partial charge in [0.05, 0.1) is 17.1 Å². The zero-order valence-electron chi connectivity index (χ0n) is 12.4. The van der Waals surface area contributed by atoms with Crippen molar-refractivity contribution < 1.29 is 19.2 Å². The number of ether oxygens (including phenoxy) is 1. The van der Waals surface area contributed by atoms with Crippen LogP contribution in [-0.4, -0.2) is 23.8 Å². The molecule has 2 aromatic rings. The van der Waals surface area contributed by atoms with E-state index in [9.17, 15) is 19.7 Å². The van der Waals surface area contributed by atoms with Gasteiger partial charge in [-0.1, -0.05) is 11.6 Å². The fourth-order valence-electron chi connectivity index (χ4n) is 1.79. The standard InChI is InChI=1S/C15H12ClN3O5/c1-24-13-7-4-10(8-12(13)16)18-15(21)14(20)17-9-2-5-11(6-3-9)19(22)23/h2-8H,1H3,(H,17,20)(H,18,21). The number of carbonyl (C=O) groups is 2. The molecule has 2 N–H and O–H groups in total. The van der Waals surface area contributed by atoms with Crippen molar-refractivity contribution in [2.24, 2.45) is 0 Å². The molecule has 0 saturated carbocycles. The Hall–Kier alpha value is -3.13. The van der Waals surface area contributed by atoms with E-state index in [-0.39, 0.29) is 16.4 Å². The van der Waals surface area contributed by atoms with E-state index in [0.29, 0.717) is 11.4 Å². The number of benzene rings is 2. The second kappa shape index (κ2) is 7.42. The second-order valence-electron chi connectivity index (χ2n) is 4.56. The number of nitrogens with zero attached hydrogens (tertiary/aromatic N) is 1. The van der Waals surface area contributed by atoms with E-state index in [4.69, 9.17) is 16.3 Å². The molecule has 2 aromatic carbocycles.